The van der Waals surface area contributed by atoms with Crippen LogP contribution in [-0.2, 0) is 23.7 Å². The van der Waals surface area contributed by atoms with Crippen LogP contribution in [0.1, 0.15) is 60.8 Å². The van der Waals surface area contributed by atoms with E-state index in [4.69, 9.17) is 0 Å². The number of carbonyl (C=O) groups is 1. The molecule has 1 N–H and O–H groups in total. The molecule has 5 rings (SSSR count). The van der Waals surface area contributed by atoms with Crippen molar-refractivity contribution in [2.75, 3.05) is 0 Å². The Balaban J connectivity index is 0.000000176. The third-order valence-electron chi connectivity index (χ3n) is 7.38. The van der Waals surface area contributed by atoms with Crippen molar-refractivity contribution in [3.8, 4) is 0 Å². The van der Waals surface area contributed by atoms with Gasteiger partial charge in [0.1, 0.15) is 18.0 Å². The largest absolute Gasteiger partial charge is 0.416 e. The van der Waals surface area contributed by atoms with E-state index in [9.17, 15) is 45.5 Å². The lowest BCUT2D eigenvalue weighted by atomic mass is 9.81. The molecule has 0 aromatic heterocycles. The molecule has 5 nitrogen and oxygen atoms in total. The van der Waals surface area contributed by atoms with Crippen LogP contribution in [-0.4, -0.2) is 33.1 Å². The second-order valence-corrected chi connectivity index (χ2v) is 9.86. The van der Waals surface area contributed by atoms with E-state index < -0.39 is 41.2 Å². The van der Waals surface area contributed by atoms with Gasteiger partial charge in [0.25, 0.3) is 5.91 Å². The van der Waals surface area contributed by atoms with Crippen molar-refractivity contribution in [3.05, 3.63) is 75.4 Å². The maximum absolute atomic E-state index is 13.1. The van der Waals surface area contributed by atoms with Crippen LogP contribution < -0.4 is 0 Å². The van der Waals surface area contributed by atoms with Gasteiger partial charge < -0.3 is 10.0 Å². The van der Waals surface area contributed by atoms with E-state index in [-0.39, 0.29) is 35.3 Å². The molecule has 4 unspecified atom stereocenters. The summed E-state index contributed by atoms with van der Waals surface area (Å²) < 4.78 is 86.9. The molecule has 0 radical (unpaired) electrons. The topological polar surface area (TPSA) is 69.7 Å². The SMILES string of the molecule is CC1(O)CC2N(C1=O)C21CCCC1c1ccc(F)cc1.O=NCc1cc(C(F)(F)F)cc(C(F)(F)F)c1. The quantitative estimate of drug-likeness (QED) is 0.291. The summed E-state index contributed by atoms with van der Waals surface area (Å²) in [5.41, 5.74) is -3.51. The Morgan fingerprint density at radius 3 is 2.05 bits per heavy atom. The summed E-state index contributed by atoms with van der Waals surface area (Å²) >= 11 is 0. The minimum atomic E-state index is -4.90. The molecule has 2 saturated heterocycles. The smallest absolute Gasteiger partial charge is 0.380 e. The van der Waals surface area contributed by atoms with E-state index in [1.807, 2.05) is 17.0 Å². The van der Waals surface area contributed by atoms with Crippen LogP contribution in [0.15, 0.2) is 47.6 Å². The van der Waals surface area contributed by atoms with Gasteiger partial charge in [0, 0.05) is 12.3 Å². The predicted octanol–water partition coefficient (Wildman–Crippen LogP) is 6.19. The molecule has 200 valence electrons. The van der Waals surface area contributed by atoms with Gasteiger partial charge in [0.15, 0.2) is 0 Å². The average molecular weight is 532 g/mol. The van der Waals surface area contributed by atoms with Crippen LogP contribution >= 0.6 is 0 Å². The van der Waals surface area contributed by atoms with Crippen molar-refractivity contribution in [3.63, 3.8) is 0 Å². The molecule has 2 aromatic rings. The van der Waals surface area contributed by atoms with Gasteiger partial charge in [0.05, 0.1) is 22.7 Å². The molecule has 2 aromatic carbocycles. The number of hydrogen-bond acceptors (Lipinski definition) is 4. The summed E-state index contributed by atoms with van der Waals surface area (Å²) in [4.78, 5) is 24.1. The van der Waals surface area contributed by atoms with Crippen LogP contribution in [0.2, 0.25) is 0 Å². The first-order valence-corrected chi connectivity index (χ1v) is 11.5. The lowest BCUT2D eigenvalue weighted by molar-refractivity contribution is -0.143. The Morgan fingerprint density at radius 2 is 1.59 bits per heavy atom. The zero-order valence-corrected chi connectivity index (χ0v) is 19.5. The van der Waals surface area contributed by atoms with Gasteiger partial charge in [0.2, 0.25) is 0 Å². The van der Waals surface area contributed by atoms with Gasteiger partial charge in [-0.05, 0) is 61.2 Å². The number of piperidine rings is 1. The summed E-state index contributed by atoms with van der Waals surface area (Å²) in [6.07, 6.45) is -6.15. The molecule has 4 atom stereocenters. The van der Waals surface area contributed by atoms with E-state index in [1.54, 1.807) is 6.92 Å². The van der Waals surface area contributed by atoms with Gasteiger partial charge in [-0.25, -0.2) is 4.39 Å². The molecule has 1 saturated carbocycles. The zero-order valence-electron chi connectivity index (χ0n) is 19.5. The fourth-order valence-corrected chi connectivity index (χ4v) is 5.77. The molecule has 2 heterocycles. The number of aliphatic hydroxyl groups is 1. The monoisotopic (exact) mass is 532 g/mol. The first-order chi connectivity index (χ1) is 17.1. The molecule has 3 aliphatic rings. The third-order valence-corrected chi connectivity index (χ3v) is 7.38. The van der Waals surface area contributed by atoms with E-state index in [1.165, 1.54) is 12.1 Å². The number of halogens is 7. The van der Waals surface area contributed by atoms with Crippen LogP contribution in [0.25, 0.3) is 0 Å². The Labute approximate surface area is 207 Å². The average Bonchev–Trinajstić information content (AvgIpc) is 3.06. The number of hydrogen-bond donors (Lipinski definition) is 1. The Kier molecular flexibility index (Phi) is 6.63. The number of fused-ring (bicyclic) bond motifs is 3. The number of rotatable bonds is 3. The van der Waals surface area contributed by atoms with E-state index in [0.717, 1.165) is 24.8 Å². The predicted molar refractivity (Wildman–Crippen MR) is 118 cm³/mol. The number of benzene rings is 2. The maximum Gasteiger partial charge on any atom is 0.416 e. The highest BCUT2D eigenvalue weighted by Gasteiger charge is 2.76. The molecule has 2 aliphatic heterocycles. The molecular formula is C25H23F7N2O3. The van der Waals surface area contributed by atoms with Gasteiger partial charge >= 0.3 is 12.4 Å². The number of alkyl halides is 6. The zero-order chi connectivity index (χ0) is 27.4. The van der Waals surface area contributed by atoms with Crippen LogP contribution in [0.5, 0.6) is 0 Å². The highest BCUT2D eigenvalue weighted by Crippen LogP contribution is 2.65. The van der Waals surface area contributed by atoms with Gasteiger partial charge in [-0.1, -0.05) is 23.7 Å². The molecule has 1 spiro atoms. The van der Waals surface area contributed by atoms with Crippen LogP contribution in [0, 0.1) is 10.7 Å². The van der Waals surface area contributed by atoms with Crippen molar-refractivity contribution < 1.29 is 40.6 Å². The summed E-state index contributed by atoms with van der Waals surface area (Å²) in [7, 11) is 0. The van der Waals surface area contributed by atoms with Crippen molar-refractivity contribution in [2.45, 2.75) is 74.6 Å². The van der Waals surface area contributed by atoms with Crippen molar-refractivity contribution in [1.82, 2.24) is 4.90 Å². The van der Waals surface area contributed by atoms with Gasteiger partial charge in [-0.15, -0.1) is 0 Å². The minimum Gasteiger partial charge on any atom is -0.380 e. The second kappa shape index (κ2) is 9.07. The fourth-order valence-electron chi connectivity index (χ4n) is 5.77. The van der Waals surface area contributed by atoms with Gasteiger partial charge in [-0.2, -0.15) is 31.2 Å². The van der Waals surface area contributed by atoms with Crippen molar-refractivity contribution >= 4 is 5.91 Å². The summed E-state index contributed by atoms with van der Waals surface area (Å²) in [5.74, 6) is -0.0687. The van der Waals surface area contributed by atoms with E-state index in [0.29, 0.717) is 18.6 Å². The maximum atomic E-state index is 13.1. The molecule has 0 bridgehead atoms. The fraction of sp³-hybridized carbons (Fsp3) is 0.480. The third kappa shape index (κ3) is 4.95. The molecule has 37 heavy (non-hydrogen) atoms. The van der Waals surface area contributed by atoms with E-state index >= 15 is 0 Å². The van der Waals surface area contributed by atoms with E-state index in [2.05, 4.69) is 5.18 Å². The molecule has 3 fully saturated rings. The highest BCUT2D eigenvalue weighted by molar-refractivity contribution is 5.92. The first kappa shape index (κ1) is 27.0. The number of amides is 1. The molecular weight excluding hydrogens is 509 g/mol. The van der Waals surface area contributed by atoms with Crippen molar-refractivity contribution in [2.24, 2.45) is 5.18 Å². The minimum absolute atomic E-state index is 0.00565. The second-order valence-electron chi connectivity index (χ2n) is 9.86. The van der Waals surface area contributed by atoms with Crippen molar-refractivity contribution in [1.29, 1.82) is 0 Å². The van der Waals surface area contributed by atoms with Crippen LogP contribution in [0.4, 0.5) is 30.7 Å². The first-order valence-electron chi connectivity index (χ1n) is 11.5. The molecule has 1 amide bonds. The van der Waals surface area contributed by atoms with Crippen LogP contribution in [0.3, 0.4) is 0 Å². The Hall–Kier alpha value is -3.02. The Morgan fingerprint density at radius 1 is 1.03 bits per heavy atom. The molecule has 12 heteroatoms. The number of nitrogens with zero attached hydrogens (tertiary/aromatic N) is 2. The lowest BCUT2D eigenvalue weighted by Crippen LogP contribution is -2.42. The number of nitroso groups, excluding NO2 is 1. The highest BCUT2D eigenvalue weighted by atomic mass is 19.4. The van der Waals surface area contributed by atoms with Gasteiger partial charge in [-0.3, -0.25) is 4.79 Å². The Bertz CT molecular complexity index is 1160. The molecule has 1 aliphatic carbocycles. The summed E-state index contributed by atoms with van der Waals surface area (Å²) in [5, 5.41) is 12.3. The number of carbonyl (C=O) groups excluding carboxylic acids is 1. The summed E-state index contributed by atoms with van der Waals surface area (Å²) in [6.45, 7) is 0.865. The standard InChI is InChI=1S/C16H18FNO2.C9H5F6NO/c1-15(20)9-13-16(18(13)14(15)19)8-2-3-12(16)10-4-6-11(17)7-5-10;10-8(11,12)6-1-5(4-16-17)2-7(3-6)9(13,14)15/h4-7,12-13,20H,2-3,8-9H2,1H3;1-3H,4H2. The lowest BCUT2D eigenvalue weighted by Gasteiger charge is -2.27. The summed E-state index contributed by atoms with van der Waals surface area (Å²) in [6, 6.07) is 7.76. The normalized spacial score (nSPS) is 28.7.